The van der Waals surface area contributed by atoms with Gasteiger partial charge < -0.3 is 23.4 Å². The van der Waals surface area contributed by atoms with Gasteiger partial charge in [0.2, 0.25) is 6.79 Å². The summed E-state index contributed by atoms with van der Waals surface area (Å²) in [7, 11) is 0. The van der Waals surface area contributed by atoms with Crippen molar-refractivity contribution >= 4 is 11.9 Å². The molecule has 1 aromatic heterocycles. The molecule has 2 aromatic carbocycles. The maximum absolute atomic E-state index is 12.9. The Morgan fingerprint density at radius 1 is 0.800 bits per heavy atom. The summed E-state index contributed by atoms with van der Waals surface area (Å²) in [6.07, 6.45) is 0. The van der Waals surface area contributed by atoms with E-state index in [0.717, 1.165) is 0 Å². The zero-order valence-electron chi connectivity index (χ0n) is 16.6. The zero-order chi connectivity index (χ0) is 21.1. The number of fused-ring (bicyclic) bond motifs is 1. The molecule has 0 atom stereocenters. The largest absolute Gasteiger partial charge is 0.462 e. The van der Waals surface area contributed by atoms with Gasteiger partial charge in [0.1, 0.15) is 22.6 Å². The van der Waals surface area contributed by atoms with E-state index in [9.17, 15) is 9.59 Å². The lowest BCUT2D eigenvalue weighted by Crippen LogP contribution is -2.13. The van der Waals surface area contributed by atoms with Gasteiger partial charge in [0.05, 0.1) is 13.2 Å². The van der Waals surface area contributed by atoms with Crippen molar-refractivity contribution in [2.24, 2.45) is 0 Å². The summed E-state index contributed by atoms with van der Waals surface area (Å²) in [6.45, 7) is 3.81. The number of carbonyl (C=O) groups is 2. The Labute approximate surface area is 173 Å². The molecule has 0 spiro atoms. The van der Waals surface area contributed by atoms with Gasteiger partial charge in [-0.2, -0.15) is 0 Å². The number of rotatable bonds is 6. The van der Waals surface area contributed by atoms with Gasteiger partial charge in [0.15, 0.2) is 11.5 Å². The number of furan rings is 1. The van der Waals surface area contributed by atoms with Crippen LogP contribution in [0.3, 0.4) is 0 Å². The standard InChI is InChI=1S/C23H20O7/c1-3-26-22(24)18-19(23(25)27-4-2)21(30-20(18)14-8-6-5-7-9-14)15-10-11-16-17(12-15)29-13-28-16/h5-12H,3-4,13H2,1-2H3. The van der Waals surface area contributed by atoms with E-state index in [0.29, 0.717) is 22.6 Å². The van der Waals surface area contributed by atoms with E-state index in [1.54, 1.807) is 44.2 Å². The van der Waals surface area contributed by atoms with Crippen LogP contribution in [0, 0.1) is 0 Å². The molecule has 3 aromatic rings. The van der Waals surface area contributed by atoms with E-state index in [-0.39, 0.29) is 42.7 Å². The third-order valence-corrected chi connectivity index (χ3v) is 4.54. The number of esters is 2. The van der Waals surface area contributed by atoms with Crippen molar-refractivity contribution < 1.29 is 33.0 Å². The lowest BCUT2D eigenvalue weighted by molar-refractivity contribution is 0.0481. The van der Waals surface area contributed by atoms with Gasteiger partial charge in [-0.3, -0.25) is 0 Å². The second-order valence-corrected chi connectivity index (χ2v) is 6.39. The Morgan fingerprint density at radius 2 is 1.40 bits per heavy atom. The molecule has 2 heterocycles. The van der Waals surface area contributed by atoms with Crippen LogP contribution >= 0.6 is 0 Å². The van der Waals surface area contributed by atoms with E-state index in [2.05, 4.69) is 0 Å². The van der Waals surface area contributed by atoms with E-state index >= 15 is 0 Å². The normalized spacial score (nSPS) is 11.9. The maximum Gasteiger partial charge on any atom is 0.342 e. The van der Waals surface area contributed by atoms with Crippen LogP contribution in [0.1, 0.15) is 34.6 Å². The quantitative estimate of drug-likeness (QED) is 0.547. The molecule has 1 aliphatic heterocycles. The molecule has 0 fully saturated rings. The van der Waals surface area contributed by atoms with Crippen molar-refractivity contribution in [2.75, 3.05) is 20.0 Å². The van der Waals surface area contributed by atoms with Crippen LogP contribution in [-0.2, 0) is 9.47 Å². The van der Waals surface area contributed by atoms with Crippen LogP contribution in [0.2, 0.25) is 0 Å². The fraction of sp³-hybridized carbons (Fsp3) is 0.217. The minimum atomic E-state index is -0.667. The van der Waals surface area contributed by atoms with Gasteiger partial charge in [-0.1, -0.05) is 30.3 Å². The van der Waals surface area contributed by atoms with Crippen molar-refractivity contribution in [1.82, 2.24) is 0 Å². The first-order chi connectivity index (χ1) is 14.6. The molecule has 0 bridgehead atoms. The van der Waals surface area contributed by atoms with Crippen LogP contribution < -0.4 is 9.47 Å². The second kappa shape index (κ2) is 8.32. The van der Waals surface area contributed by atoms with Crippen LogP contribution in [-0.4, -0.2) is 31.9 Å². The molecule has 4 rings (SSSR count). The van der Waals surface area contributed by atoms with Crippen molar-refractivity contribution in [1.29, 1.82) is 0 Å². The van der Waals surface area contributed by atoms with E-state index in [4.69, 9.17) is 23.4 Å². The highest BCUT2D eigenvalue weighted by molar-refractivity contribution is 6.11. The van der Waals surface area contributed by atoms with Crippen LogP contribution in [0.15, 0.2) is 52.9 Å². The third kappa shape index (κ3) is 3.50. The SMILES string of the molecule is CCOC(=O)c1c(-c2ccccc2)oc(-c2ccc3c(c2)OCO3)c1C(=O)OCC. The summed E-state index contributed by atoms with van der Waals surface area (Å²) in [5, 5.41) is 0. The summed E-state index contributed by atoms with van der Waals surface area (Å²) >= 11 is 0. The van der Waals surface area contributed by atoms with Gasteiger partial charge in [0, 0.05) is 11.1 Å². The highest BCUT2D eigenvalue weighted by atomic mass is 16.7. The predicted octanol–water partition coefficient (Wildman–Crippen LogP) is 4.70. The van der Waals surface area contributed by atoms with Crippen molar-refractivity contribution in [3.8, 4) is 34.1 Å². The van der Waals surface area contributed by atoms with Crippen molar-refractivity contribution in [3.63, 3.8) is 0 Å². The number of benzene rings is 2. The highest BCUT2D eigenvalue weighted by Crippen LogP contribution is 2.42. The maximum atomic E-state index is 12.9. The highest BCUT2D eigenvalue weighted by Gasteiger charge is 2.33. The number of hydrogen-bond donors (Lipinski definition) is 0. The molecule has 0 unspecified atom stereocenters. The Balaban J connectivity index is 1.97. The first-order valence-corrected chi connectivity index (χ1v) is 9.60. The van der Waals surface area contributed by atoms with Crippen LogP contribution in [0.25, 0.3) is 22.6 Å². The summed E-state index contributed by atoms with van der Waals surface area (Å²) in [4.78, 5) is 25.8. The second-order valence-electron chi connectivity index (χ2n) is 6.39. The van der Waals surface area contributed by atoms with Crippen molar-refractivity contribution in [3.05, 3.63) is 59.7 Å². The van der Waals surface area contributed by atoms with Gasteiger partial charge in [0.25, 0.3) is 0 Å². The van der Waals surface area contributed by atoms with Gasteiger partial charge in [-0.15, -0.1) is 0 Å². The molecule has 0 saturated heterocycles. The summed E-state index contributed by atoms with van der Waals surface area (Å²) in [5.74, 6) is 0.238. The minimum Gasteiger partial charge on any atom is -0.462 e. The lowest BCUT2D eigenvalue weighted by atomic mass is 10.0. The number of carbonyl (C=O) groups excluding carboxylic acids is 2. The first kappa shape index (κ1) is 19.6. The topological polar surface area (TPSA) is 84.2 Å². The molecule has 0 N–H and O–H groups in total. The predicted molar refractivity (Wildman–Crippen MR) is 108 cm³/mol. The van der Waals surface area contributed by atoms with Gasteiger partial charge in [-0.05, 0) is 32.0 Å². The summed E-state index contributed by atoms with van der Waals surface area (Å²) in [5.41, 5.74) is 1.25. The smallest absolute Gasteiger partial charge is 0.342 e. The van der Waals surface area contributed by atoms with Gasteiger partial charge in [-0.25, -0.2) is 9.59 Å². The monoisotopic (exact) mass is 408 g/mol. The molecule has 0 saturated carbocycles. The van der Waals surface area contributed by atoms with E-state index in [1.807, 2.05) is 18.2 Å². The Morgan fingerprint density at radius 3 is 2.03 bits per heavy atom. The Kier molecular flexibility index (Phi) is 5.43. The molecule has 30 heavy (non-hydrogen) atoms. The fourth-order valence-electron chi connectivity index (χ4n) is 3.26. The van der Waals surface area contributed by atoms with E-state index < -0.39 is 11.9 Å². The van der Waals surface area contributed by atoms with Gasteiger partial charge >= 0.3 is 11.9 Å². The third-order valence-electron chi connectivity index (χ3n) is 4.54. The van der Waals surface area contributed by atoms with Crippen LogP contribution in [0.4, 0.5) is 0 Å². The van der Waals surface area contributed by atoms with Crippen molar-refractivity contribution in [2.45, 2.75) is 13.8 Å². The molecule has 7 heteroatoms. The first-order valence-electron chi connectivity index (χ1n) is 9.60. The average Bonchev–Trinajstić information content (AvgIpc) is 3.39. The number of hydrogen-bond acceptors (Lipinski definition) is 7. The lowest BCUT2D eigenvalue weighted by Gasteiger charge is -2.07. The molecule has 7 nitrogen and oxygen atoms in total. The molecule has 0 aliphatic carbocycles. The molecule has 1 aliphatic rings. The molecule has 0 radical (unpaired) electrons. The molecular weight excluding hydrogens is 388 g/mol. The molecular formula is C23H20O7. The zero-order valence-corrected chi connectivity index (χ0v) is 16.6. The average molecular weight is 408 g/mol. The molecule has 154 valence electrons. The summed E-state index contributed by atoms with van der Waals surface area (Å²) in [6, 6.07) is 14.2. The number of ether oxygens (including phenoxy) is 4. The Bertz CT molecular complexity index is 1080. The van der Waals surface area contributed by atoms with Crippen LogP contribution in [0.5, 0.6) is 11.5 Å². The fourth-order valence-corrected chi connectivity index (χ4v) is 3.26. The summed E-state index contributed by atoms with van der Waals surface area (Å²) < 4.78 is 27.4. The van der Waals surface area contributed by atoms with E-state index in [1.165, 1.54) is 0 Å². The minimum absolute atomic E-state index is 0.0213. The Hall–Kier alpha value is -3.74. The molecule has 0 amide bonds.